The molecule has 3 aromatic carbocycles. The molecule has 1 saturated heterocycles. The largest absolute Gasteiger partial charge is 0.496 e. The van der Waals surface area contributed by atoms with E-state index >= 15 is 0 Å². The van der Waals surface area contributed by atoms with Gasteiger partial charge in [0, 0.05) is 30.5 Å². The summed E-state index contributed by atoms with van der Waals surface area (Å²) >= 11 is 0. The fourth-order valence-electron chi connectivity index (χ4n) is 4.77. The molecule has 1 aliphatic heterocycles. The van der Waals surface area contributed by atoms with Crippen LogP contribution in [0.1, 0.15) is 53.0 Å². The van der Waals surface area contributed by atoms with Crippen LogP contribution in [0.2, 0.25) is 0 Å². The van der Waals surface area contributed by atoms with Gasteiger partial charge >= 0.3 is 0 Å². The molecular weight excluding hydrogens is 450 g/mol. The minimum Gasteiger partial charge on any atom is -0.496 e. The molecule has 2 N–H and O–H groups in total. The topological polar surface area (TPSA) is 70.7 Å². The van der Waals surface area contributed by atoms with Crippen LogP contribution >= 0.6 is 0 Å². The maximum atomic E-state index is 13.2. The van der Waals surface area contributed by atoms with Crippen molar-refractivity contribution in [3.05, 3.63) is 89.5 Å². The van der Waals surface area contributed by atoms with Crippen molar-refractivity contribution in [1.29, 1.82) is 0 Å². The van der Waals surface area contributed by atoms with E-state index in [4.69, 9.17) is 4.74 Å². The fraction of sp³-hybridized carbons (Fsp3) is 0.333. The van der Waals surface area contributed by atoms with Crippen molar-refractivity contribution in [3.63, 3.8) is 0 Å². The molecule has 0 atom stereocenters. The van der Waals surface area contributed by atoms with Gasteiger partial charge in [0.25, 0.3) is 11.8 Å². The smallest absolute Gasteiger partial charge is 0.259 e. The number of para-hydroxylation sites is 1. The van der Waals surface area contributed by atoms with Gasteiger partial charge in [-0.25, -0.2) is 0 Å². The minimum absolute atomic E-state index is 0.00814. The Labute approximate surface area is 213 Å². The van der Waals surface area contributed by atoms with E-state index in [1.807, 2.05) is 32.0 Å². The normalized spacial score (nSPS) is 13.9. The average molecular weight is 486 g/mol. The molecule has 4 rings (SSSR count). The van der Waals surface area contributed by atoms with E-state index in [2.05, 4.69) is 45.9 Å². The van der Waals surface area contributed by atoms with Crippen LogP contribution in [0.25, 0.3) is 0 Å². The van der Waals surface area contributed by atoms with E-state index in [0.29, 0.717) is 28.5 Å². The minimum atomic E-state index is -0.280. The van der Waals surface area contributed by atoms with E-state index in [9.17, 15) is 9.59 Å². The molecule has 0 radical (unpaired) electrons. The molecule has 36 heavy (non-hydrogen) atoms. The van der Waals surface area contributed by atoms with Crippen LogP contribution < -0.4 is 20.3 Å². The monoisotopic (exact) mass is 485 g/mol. The van der Waals surface area contributed by atoms with Crippen molar-refractivity contribution in [2.24, 2.45) is 5.92 Å². The highest BCUT2D eigenvalue weighted by molar-refractivity contribution is 6.07. The summed E-state index contributed by atoms with van der Waals surface area (Å²) in [5, 5.41) is 5.94. The number of anilines is 2. The predicted molar refractivity (Wildman–Crippen MR) is 145 cm³/mol. The first-order valence-corrected chi connectivity index (χ1v) is 12.6. The number of hydrogen-bond donors (Lipinski definition) is 2. The summed E-state index contributed by atoms with van der Waals surface area (Å²) in [4.78, 5) is 28.4. The molecular formula is C30H35N3O3. The Kier molecular flexibility index (Phi) is 8.26. The van der Waals surface area contributed by atoms with Gasteiger partial charge in [0.15, 0.2) is 0 Å². The second-order valence-corrected chi connectivity index (χ2v) is 9.63. The lowest BCUT2D eigenvalue weighted by Crippen LogP contribution is -2.37. The second-order valence-electron chi connectivity index (χ2n) is 9.63. The molecule has 6 heteroatoms. The summed E-state index contributed by atoms with van der Waals surface area (Å²) in [7, 11) is 1.54. The van der Waals surface area contributed by atoms with E-state index in [1.165, 1.54) is 12.7 Å². The molecule has 3 aromatic rings. The summed E-state index contributed by atoms with van der Waals surface area (Å²) in [5.41, 5.74) is 3.87. The van der Waals surface area contributed by atoms with Crippen molar-refractivity contribution in [2.45, 2.75) is 39.2 Å². The lowest BCUT2D eigenvalue weighted by molar-refractivity contribution is 0.0942. The third-order valence-corrected chi connectivity index (χ3v) is 6.59. The second kappa shape index (κ2) is 11.8. The van der Waals surface area contributed by atoms with E-state index in [0.717, 1.165) is 38.0 Å². The number of rotatable bonds is 8. The Balaban J connectivity index is 1.51. The molecule has 188 valence electrons. The van der Waals surface area contributed by atoms with Crippen molar-refractivity contribution in [1.82, 2.24) is 5.32 Å². The quantitative estimate of drug-likeness (QED) is 0.439. The highest BCUT2D eigenvalue weighted by atomic mass is 16.5. The highest BCUT2D eigenvalue weighted by Gasteiger charge is 2.24. The van der Waals surface area contributed by atoms with E-state index in [-0.39, 0.29) is 17.9 Å². The number of nitrogens with one attached hydrogen (secondary N) is 2. The standard InChI is InChI=1S/C30H35N3O3/c1-21(2)31-30(35)26-20-24(32-29(34)25-11-7-8-12-28(25)36-3)13-14-27(26)33-17-15-23(16-18-33)19-22-9-5-4-6-10-22/h4-14,20-21,23H,15-19H2,1-3H3,(H,31,35)(H,32,34). The van der Waals surface area contributed by atoms with Gasteiger partial charge in [-0.3, -0.25) is 9.59 Å². The SMILES string of the molecule is COc1ccccc1C(=O)Nc1ccc(N2CCC(Cc3ccccc3)CC2)c(C(=O)NC(C)C)c1. The summed E-state index contributed by atoms with van der Waals surface area (Å²) in [5.74, 6) is 0.718. The number of hydrogen-bond acceptors (Lipinski definition) is 4. The number of nitrogens with zero attached hydrogens (tertiary/aromatic N) is 1. The molecule has 1 aliphatic rings. The summed E-state index contributed by atoms with van der Waals surface area (Å²) in [6.07, 6.45) is 3.24. The van der Waals surface area contributed by atoms with Gasteiger partial charge in [0.2, 0.25) is 0 Å². The van der Waals surface area contributed by atoms with E-state index < -0.39 is 0 Å². The van der Waals surface area contributed by atoms with Crippen LogP contribution in [0.3, 0.4) is 0 Å². The Morgan fingerprint density at radius 2 is 1.61 bits per heavy atom. The fourth-order valence-corrected chi connectivity index (χ4v) is 4.77. The number of ether oxygens (including phenoxy) is 1. The number of benzene rings is 3. The zero-order valence-corrected chi connectivity index (χ0v) is 21.3. The first-order valence-electron chi connectivity index (χ1n) is 12.6. The molecule has 2 amide bonds. The number of amides is 2. The third kappa shape index (κ3) is 6.25. The van der Waals surface area contributed by atoms with Crippen LogP contribution in [-0.2, 0) is 6.42 Å². The van der Waals surface area contributed by atoms with Crippen molar-refractivity contribution >= 4 is 23.2 Å². The molecule has 0 aromatic heterocycles. The third-order valence-electron chi connectivity index (χ3n) is 6.59. The first-order chi connectivity index (χ1) is 17.4. The predicted octanol–water partition coefficient (Wildman–Crippen LogP) is 5.54. The molecule has 0 bridgehead atoms. The van der Waals surface area contributed by atoms with Gasteiger partial charge in [-0.2, -0.15) is 0 Å². The van der Waals surface area contributed by atoms with Crippen molar-refractivity contribution in [3.8, 4) is 5.75 Å². The van der Waals surface area contributed by atoms with Gasteiger partial charge in [-0.1, -0.05) is 42.5 Å². The van der Waals surface area contributed by atoms with Crippen LogP contribution in [0, 0.1) is 5.92 Å². The van der Waals surface area contributed by atoms with Gasteiger partial charge in [0.1, 0.15) is 5.75 Å². The zero-order chi connectivity index (χ0) is 25.5. The molecule has 0 spiro atoms. The number of piperidine rings is 1. The molecule has 0 saturated carbocycles. The highest BCUT2D eigenvalue weighted by Crippen LogP contribution is 2.30. The summed E-state index contributed by atoms with van der Waals surface area (Å²) in [6.45, 7) is 5.68. The lowest BCUT2D eigenvalue weighted by atomic mass is 9.89. The first kappa shape index (κ1) is 25.3. The van der Waals surface area contributed by atoms with Crippen LogP contribution in [0.5, 0.6) is 5.75 Å². The van der Waals surface area contributed by atoms with Gasteiger partial charge < -0.3 is 20.3 Å². The van der Waals surface area contributed by atoms with Crippen LogP contribution in [-0.4, -0.2) is 38.1 Å². The number of carbonyl (C=O) groups is 2. The Hall–Kier alpha value is -3.80. The molecule has 1 fully saturated rings. The lowest BCUT2D eigenvalue weighted by Gasteiger charge is -2.35. The van der Waals surface area contributed by atoms with Crippen molar-refractivity contribution < 1.29 is 14.3 Å². The molecule has 1 heterocycles. The van der Waals surface area contributed by atoms with E-state index in [1.54, 1.807) is 24.3 Å². The maximum Gasteiger partial charge on any atom is 0.259 e. The number of carbonyl (C=O) groups excluding carboxylic acids is 2. The summed E-state index contributed by atoms with van der Waals surface area (Å²) < 4.78 is 5.32. The van der Waals surface area contributed by atoms with Crippen molar-refractivity contribution in [2.75, 3.05) is 30.4 Å². The Bertz CT molecular complexity index is 1190. The average Bonchev–Trinajstić information content (AvgIpc) is 2.89. The van der Waals surface area contributed by atoms with Gasteiger partial charge in [-0.15, -0.1) is 0 Å². The number of methoxy groups -OCH3 is 1. The van der Waals surface area contributed by atoms with Gasteiger partial charge in [0.05, 0.1) is 18.2 Å². The Morgan fingerprint density at radius 3 is 2.31 bits per heavy atom. The summed E-state index contributed by atoms with van der Waals surface area (Å²) in [6, 6.07) is 23.3. The maximum absolute atomic E-state index is 13.2. The molecule has 6 nitrogen and oxygen atoms in total. The van der Waals surface area contributed by atoms with Gasteiger partial charge in [-0.05, 0) is 74.9 Å². The van der Waals surface area contributed by atoms with Crippen LogP contribution in [0.4, 0.5) is 11.4 Å². The molecule has 0 unspecified atom stereocenters. The zero-order valence-electron chi connectivity index (χ0n) is 21.3. The Morgan fingerprint density at radius 1 is 0.917 bits per heavy atom. The van der Waals surface area contributed by atoms with Crippen LogP contribution in [0.15, 0.2) is 72.8 Å². The molecule has 0 aliphatic carbocycles.